The average Bonchev–Trinajstić information content (AvgIpc) is 3.11. The number of hydrogen-bond donors (Lipinski definition) is 2. The summed E-state index contributed by atoms with van der Waals surface area (Å²) >= 11 is 0. The Hall–Kier alpha value is -3.34. The topological polar surface area (TPSA) is 71.3 Å². The zero-order valence-corrected chi connectivity index (χ0v) is 13.1. The van der Waals surface area contributed by atoms with Crippen molar-refractivity contribution in [2.45, 2.75) is 6.92 Å². The summed E-state index contributed by atoms with van der Waals surface area (Å²) in [5.74, 6) is -0.255. The molecule has 0 bridgehead atoms. The Kier molecular flexibility index (Phi) is 4.43. The molecule has 0 aliphatic heterocycles. The molecule has 0 aliphatic carbocycles. The van der Waals surface area contributed by atoms with Gasteiger partial charge in [0.25, 0.3) is 11.8 Å². The molecule has 0 spiro atoms. The number of carbonyl (C=O) groups excluding carboxylic acids is 2. The summed E-state index contributed by atoms with van der Waals surface area (Å²) < 4.78 is 5.03. The van der Waals surface area contributed by atoms with Crippen molar-refractivity contribution in [3.63, 3.8) is 0 Å². The second-order valence-electron chi connectivity index (χ2n) is 5.33. The first-order chi connectivity index (χ1) is 11.6. The summed E-state index contributed by atoms with van der Waals surface area (Å²) in [4.78, 5) is 24.1. The molecule has 3 aromatic rings. The summed E-state index contributed by atoms with van der Waals surface area (Å²) in [6.45, 7) is 1.94. The summed E-state index contributed by atoms with van der Waals surface area (Å²) in [6.07, 6.45) is 1.44. The number of nitrogens with one attached hydrogen (secondary N) is 2. The lowest BCUT2D eigenvalue weighted by Crippen LogP contribution is -2.13. The molecule has 1 heterocycles. The number of hydrogen-bond acceptors (Lipinski definition) is 3. The molecule has 5 heteroatoms. The highest BCUT2D eigenvalue weighted by atomic mass is 16.3. The lowest BCUT2D eigenvalue weighted by Gasteiger charge is -2.08. The second-order valence-corrected chi connectivity index (χ2v) is 5.33. The number of furan rings is 1. The molecule has 0 aliphatic rings. The monoisotopic (exact) mass is 320 g/mol. The number of aryl methyl sites for hydroxylation is 1. The van der Waals surface area contributed by atoms with E-state index in [1.54, 1.807) is 42.5 Å². The van der Waals surface area contributed by atoms with Gasteiger partial charge in [-0.1, -0.05) is 17.7 Å². The molecule has 3 rings (SSSR count). The van der Waals surface area contributed by atoms with E-state index in [0.29, 0.717) is 16.9 Å². The van der Waals surface area contributed by atoms with Crippen molar-refractivity contribution in [2.75, 3.05) is 10.6 Å². The number of carbonyl (C=O) groups is 2. The largest absolute Gasteiger partial charge is 0.459 e. The van der Waals surface area contributed by atoms with Gasteiger partial charge in [0.05, 0.1) is 6.26 Å². The van der Waals surface area contributed by atoms with Crippen molar-refractivity contribution in [3.05, 3.63) is 83.8 Å². The minimum atomic E-state index is -0.323. The molecule has 2 aromatic carbocycles. The lowest BCUT2D eigenvalue weighted by atomic mass is 10.1. The van der Waals surface area contributed by atoms with Gasteiger partial charge in [0.15, 0.2) is 5.76 Å². The Morgan fingerprint density at radius 1 is 0.833 bits per heavy atom. The zero-order chi connectivity index (χ0) is 16.9. The van der Waals surface area contributed by atoms with Gasteiger partial charge in [-0.05, 0) is 55.5 Å². The summed E-state index contributed by atoms with van der Waals surface area (Å²) in [7, 11) is 0. The van der Waals surface area contributed by atoms with E-state index in [4.69, 9.17) is 4.42 Å². The van der Waals surface area contributed by atoms with Crippen LogP contribution in [0.25, 0.3) is 0 Å². The molecule has 0 unspecified atom stereocenters. The van der Waals surface area contributed by atoms with Gasteiger partial charge in [-0.2, -0.15) is 0 Å². The van der Waals surface area contributed by atoms with Gasteiger partial charge in [0, 0.05) is 16.9 Å². The molecule has 5 nitrogen and oxygen atoms in total. The smallest absolute Gasteiger partial charge is 0.291 e. The van der Waals surface area contributed by atoms with E-state index in [1.165, 1.54) is 6.26 Å². The predicted molar refractivity (Wildman–Crippen MR) is 92.2 cm³/mol. The van der Waals surface area contributed by atoms with Crippen LogP contribution in [-0.2, 0) is 0 Å². The van der Waals surface area contributed by atoms with E-state index in [2.05, 4.69) is 10.6 Å². The zero-order valence-electron chi connectivity index (χ0n) is 13.1. The van der Waals surface area contributed by atoms with E-state index in [9.17, 15) is 9.59 Å². The van der Waals surface area contributed by atoms with Gasteiger partial charge >= 0.3 is 0 Å². The molecule has 0 radical (unpaired) electrons. The molecular formula is C19H16N2O3. The molecule has 0 saturated heterocycles. The molecule has 24 heavy (non-hydrogen) atoms. The highest BCUT2D eigenvalue weighted by molar-refractivity contribution is 6.05. The maximum Gasteiger partial charge on any atom is 0.291 e. The fraction of sp³-hybridized carbons (Fsp3) is 0.0526. The Balaban J connectivity index is 1.64. The molecule has 2 amide bonds. The second kappa shape index (κ2) is 6.83. The third-order valence-corrected chi connectivity index (χ3v) is 3.43. The SMILES string of the molecule is Cc1cccc(C(=O)Nc2ccc(NC(=O)c3ccco3)cc2)c1. The number of anilines is 2. The van der Waals surface area contributed by atoms with Crippen LogP contribution in [0.2, 0.25) is 0 Å². The minimum absolute atomic E-state index is 0.175. The molecule has 0 atom stereocenters. The van der Waals surface area contributed by atoms with Crippen LogP contribution in [-0.4, -0.2) is 11.8 Å². The van der Waals surface area contributed by atoms with Gasteiger partial charge in [-0.15, -0.1) is 0 Å². The van der Waals surface area contributed by atoms with Crippen molar-refractivity contribution in [1.29, 1.82) is 0 Å². The Labute approximate surface area is 139 Å². The fourth-order valence-electron chi connectivity index (χ4n) is 2.23. The van der Waals surface area contributed by atoms with Crippen LogP contribution in [0.3, 0.4) is 0 Å². The fourth-order valence-corrected chi connectivity index (χ4v) is 2.23. The third kappa shape index (κ3) is 3.70. The molecule has 2 N–H and O–H groups in total. The van der Waals surface area contributed by atoms with Gasteiger partial charge < -0.3 is 15.1 Å². The van der Waals surface area contributed by atoms with Crippen molar-refractivity contribution in [1.82, 2.24) is 0 Å². The van der Waals surface area contributed by atoms with E-state index >= 15 is 0 Å². The maximum atomic E-state index is 12.2. The average molecular weight is 320 g/mol. The number of benzene rings is 2. The maximum absolute atomic E-state index is 12.2. The van der Waals surface area contributed by atoms with Crippen LogP contribution in [0.5, 0.6) is 0 Å². The van der Waals surface area contributed by atoms with Gasteiger partial charge in [0.2, 0.25) is 0 Å². The highest BCUT2D eigenvalue weighted by Crippen LogP contribution is 2.16. The minimum Gasteiger partial charge on any atom is -0.459 e. The predicted octanol–water partition coefficient (Wildman–Crippen LogP) is 4.09. The van der Waals surface area contributed by atoms with Gasteiger partial charge in [-0.3, -0.25) is 9.59 Å². The molecular weight excluding hydrogens is 304 g/mol. The first-order valence-electron chi connectivity index (χ1n) is 7.45. The van der Waals surface area contributed by atoms with E-state index < -0.39 is 0 Å². The van der Waals surface area contributed by atoms with E-state index in [0.717, 1.165) is 5.56 Å². The van der Waals surface area contributed by atoms with Crippen molar-refractivity contribution >= 4 is 23.2 Å². The van der Waals surface area contributed by atoms with E-state index in [1.807, 2.05) is 25.1 Å². The van der Waals surface area contributed by atoms with Gasteiger partial charge in [0.1, 0.15) is 0 Å². The van der Waals surface area contributed by atoms with Crippen LogP contribution >= 0.6 is 0 Å². The Morgan fingerprint density at radius 2 is 1.50 bits per heavy atom. The Bertz CT molecular complexity index is 853. The first kappa shape index (κ1) is 15.6. The van der Waals surface area contributed by atoms with Crippen molar-refractivity contribution in [2.24, 2.45) is 0 Å². The normalized spacial score (nSPS) is 10.2. The van der Waals surface area contributed by atoms with Crippen molar-refractivity contribution in [3.8, 4) is 0 Å². The van der Waals surface area contributed by atoms with Crippen LogP contribution in [0.4, 0.5) is 11.4 Å². The number of amides is 2. The molecule has 1 aromatic heterocycles. The summed E-state index contributed by atoms with van der Waals surface area (Å²) in [5.41, 5.74) is 2.89. The van der Waals surface area contributed by atoms with Crippen LogP contribution in [0.1, 0.15) is 26.5 Å². The summed E-state index contributed by atoms with van der Waals surface area (Å²) in [5, 5.41) is 5.54. The highest BCUT2D eigenvalue weighted by Gasteiger charge is 2.09. The Morgan fingerprint density at radius 3 is 2.08 bits per heavy atom. The quantitative estimate of drug-likeness (QED) is 0.760. The van der Waals surface area contributed by atoms with E-state index in [-0.39, 0.29) is 17.6 Å². The lowest BCUT2D eigenvalue weighted by molar-refractivity contribution is 0.0994. The van der Waals surface area contributed by atoms with Crippen LogP contribution in [0.15, 0.2) is 71.3 Å². The standard InChI is InChI=1S/C19H16N2O3/c1-13-4-2-5-14(12-13)18(22)20-15-7-9-16(10-8-15)21-19(23)17-6-3-11-24-17/h2-12H,1H3,(H,20,22)(H,21,23). The molecule has 0 saturated carbocycles. The third-order valence-electron chi connectivity index (χ3n) is 3.43. The first-order valence-corrected chi connectivity index (χ1v) is 7.45. The number of rotatable bonds is 4. The van der Waals surface area contributed by atoms with Gasteiger partial charge in [-0.25, -0.2) is 0 Å². The summed E-state index contributed by atoms with van der Waals surface area (Å²) in [6, 6.07) is 17.5. The van der Waals surface area contributed by atoms with Crippen molar-refractivity contribution < 1.29 is 14.0 Å². The van der Waals surface area contributed by atoms with Crippen LogP contribution < -0.4 is 10.6 Å². The molecule has 0 fully saturated rings. The van der Waals surface area contributed by atoms with Crippen LogP contribution in [0, 0.1) is 6.92 Å². The molecule has 120 valence electrons.